The van der Waals surface area contributed by atoms with Crippen molar-refractivity contribution in [2.75, 3.05) is 11.9 Å². The number of anilines is 1. The average Bonchev–Trinajstić information content (AvgIpc) is 3.21. The molecule has 3 aromatic heterocycles. The summed E-state index contributed by atoms with van der Waals surface area (Å²) >= 11 is 0. The van der Waals surface area contributed by atoms with Crippen molar-refractivity contribution in [3.8, 4) is 0 Å². The highest BCUT2D eigenvalue weighted by Gasteiger charge is 2.38. The summed E-state index contributed by atoms with van der Waals surface area (Å²) in [5.74, 6) is 1.04. The van der Waals surface area contributed by atoms with Gasteiger partial charge in [0.2, 0.25) is 5.71 Å². The smallest absolute Gasteiger partial charge is 0.255 e. The molecule has 160 valence electrons. The van der Waals surface area contributed by atoms with Crippen LogP contribution in [0, 0.1) is 13.8 Å². The van der Waals surface area contributed by atoms with Crippen LogP contribution in [0.1, 0.15) is 47.1 Å². The highest BCUT2D eigenvalue weighted by molar-refractivity contribution is 7.27. The molecule has 5 rings (SSSR count). The molecule has 0 aliphatic heterocycles. The lowest BCUT2D eigenvalue weighted by atomic mass is 10.1. The van der Waals surface area contributed by atoms with Crippen LogP contribution in [-0.2, 0) is 6.42 Å². The minimum atomic E-state index is -0.167. The van der Waals surface area contributed by atoms with Crippen molar-refractivity contribution in [3.05, 3.63) is 47.1 Å². The summed E-state index contributed by atoms with van der Waals surface area (Å²) < 4.78 is 5.78. The van der Waals surface area contributed by atoms with E-state index in [0.29, 0.717) is 34.8 Å². The number of furan rings is 1. The van der Waals surface area contributed by atoms with Crippen molar-refractivity contribution in [1.29, 1.82) is 0 Å². The van der Waals surface area contributed by atoms with Gasteiger partial charge in [0.05, 0.1) is 10.9 Å². The first-order chi connectivity index (χ1) is 14.8. The number of amides is 1. The van der Waals surface area contributed by atoms with Crippen molar-refractivity contribution in [2.45, 2.75) is 45.6 Å². The summed E-state index contributed by atoms with van der Waals surface area (Å²) in [6.07, 6.45) is 4.37. The first-order valence-corrected chi connectivity index (χ1v) is 11.1. The number of hydrogen-bond donors (Lipinski definition) is 3. The third-order valence-corrected chi connectivity index (χ3v) is 6.47. The second kappa shape index (κ2) is 7.34. The normalized spacial score (nSPS) is 14.8. The van der Waals surface area contributed by atoms with Gasteiger partial charge in [-0.25, -0.2) is 9.97 Å². The molecule has 0 spiro atoms. The lowest BCUT2D eigenvalue weighted by Crippen LogP contribution is -2.26. The van der Waals surface area contributed by atoms with Crippen LogP contribution in [0.25, 0.3) is 22.0 Å². The average molecular weight is 435 g/mol. The van der Waals surface area contributed by atoms with Crippen molar-refractivity contribution in [3.63, 3.8) is 0 Å². The molecular weight excluding hydrogens is 409 g/mol. The first kappa shape index (κ1) is 20.0. The minimum Gasteiger partial charge on any atom is -0.442 e. The Labute approximate surface area is 182 Å². The SMILES string of the molecule is Cc1[nH]c2ccc(P)cc2c1CCNC(=O)c1c(C)oc2ncnc(NC3(C)CC3)c12. The number of carbonyl (C=O) groups is 1. The molecule has 8 heteroatoms. The fourth-order valence-corrected chi connectivity index (χ4v) is 4.39. The van der Waals surface area contributed by atoms with E-state index < -0.39 is 0 Å². The van der Waals surface area contributed by atoms with Gasteiger partial charge in [0.1, 0.15) is 17.9 Å². The van der Waals surface area contributed by atoms with Gasteiger partial charge in [-0.2, -0.15) is 0 Å². The Morgan fingerprint density at radius 2 is 2.10 bits per heavy atom. The predicted molar refractivity (Wildman–Crippen MR) is 126 cm³/mol. The molecule has 0 bridgehead atoms. The summed E-state index contributed by atoms with van der Waals surface area (Å²) in [5, 5.41) is 9.52. The van der Waals surface area contributed by atoms with E-state index in [2.05, 4.69) is 66.9 Å². The van der Waals surface area contributed by atoms with Crippen LogP contribution in [0.2, 0.25) is 0 Å². The summed E-state index contributed by atoms with van der Waals surface area (Å²) in [6.45, 7) is 6.54. The minimum absolute atomic E-state index is 0.0312. The highest BCUT2D eigenvalue weighted by Crippen LogP contribution is 2.40. The maximum Gasteiger partial charge on any atom is 0.255 e. The molecule has 1 amide bonds. The molecule has 1 aromatic carbocycles. The number of nitrogens with zero attached hydrogens (tertiary/aromatic N) is 2. The van der Waals surface area contributed by atoms with Crippen molar-refractivity contribution in [1.82, 2.24) is 20.3 Å². The Balaban J connectivity index is 1.38. The molecule has 3 N–H and O–H groups in total. The van der Waals surface area contributed by atoms with E-state index in [1.165, 1.54) is 17.3 Å². The largest absolute Gasteiger partial charge is 0.442 e. The fourth-order valence-electron chi connectivity index (χ4n) is 4.12. The molecule has 1 saturated carbocycles. The zero-order chi connectivity index (χ0) is 21.8. The maximum absolute atomic E-state index is 13.1. The second-order valence-electron chi connectivity index (χ2n) is 8.66. The van der Waals surface area contributed by atoms with Crippen LogP contribution in [0.5, 0.6) is 0 Å². The van der Waals surface area contributed by atoms with Crippen molar-refractivity contribution >= 4 is 48.3 Å². The molecule has 1 unspecified atom stereocenters. The molecule has 1 atom stereocenters. The van der Waals surface area contributed by atoms with Crippen LogP contribution < -0.4 is 15.9 Å². The third kappa shape index (κ3) is 3.68. The molecule has 1 aliphatic rings. The van der Waals surface area contributed by atoms with E-state index in [-0.39, 0.29) is 11.4 Å². The van der Waals surface area contributed by atoms with E-state index >= 15 is 0 Å². The molecule has 4 aromatic rings. The summed E-state index contributed by atoms with van der Waals surface area (Å²) in [5.41, 5.74) is 4.44. The fraction of sp³-hybridized carbons (Fsp3) is 0.348. The number of H-pyrrole nitrogens is 1. The Hall–Kier alpha value is -2.92. The molecule has 1 aliphatic carbocycles. The quantitative estimate of drug-likeness (QED) is 0.401. The van der Waals surface area contributed by atoms with E-state index in [1.54, 1.807) is 6.92 Å². The summed E-state index contributed by atoms with van der Waals surface area (Å²) in [4.78, 5) is 25.2. The molecule has 0 radical (unpaired) electrons. The number of carbonyl (C=O) groups excluding carboxylic acids is 1. The van der Waals surface area contributed by atoms with Crippen LogP contribution >= 0.6 is 9.24 Å². The van der Waals surface area contributed by atoms with Crippen LogP contribution in [0.3, 0.4) is 0 Å². The van der Waals surface area contributed by atoms with Gasteiger partial charge in [-0.1, -0.05) is 6.07 Å². The third-order valence-electron chi connectivity index (χ3n) is 6.12. The van der Waals surface area contributed by atoms with Crippen molar-refractivity contribution in [2.24, 2.45) is 0 Å². The molecule has 3 heterocycles. The molecule has 0 saturated heterocycles. The lowest BCUT2D eigenvalue weighted by Gasteiger charge is -2.13. The van der Waals surface area contributed by atoms with E-state index in [4.69, 9.17) is 4.42 Å². The Morgan fingerprint density at radius 1 is 1.29 bits per heavy atom. The number of hydrogen-bond acceptors (Lipinski definition) is 5. The molecular formula is C23H26N5O2P. The van der Waals surface area contributed by atoms with Gasteiger partial charge < -0.3 is 20.0 Å². The Kier molecular flexibility index (Phi) is 4.74. The number of fused-ring (bicyclic) bond motifs is 2. The van der Waals surface area contributed by atoms with E-state index in [9.17, 15) is 4.79 Å². The van der Waals surface area contributed by atoms with Crippen LogP contribution in [-0.4, -0.2) is 32.9 Å². The van der Waals surface area contributed by atoms with Gasteiger partial charge in [0.15, 0.2) is 0 Å². The zero-order valence-electron chi connectivity index (χ0n) is 17.9. The standard InChI is InChI=1S/C23H26N5O2P/c1-12-15(16-10-14(31)4-5-17(16)27-12)6-9-24-21(29)18-13(2)30-22-19(18)20(25-11-26-22)28-23(3)7-8-23/h4-5,10-11,27H,6-9,31H2,1-3H3,(H,24,29)(H,25,26,28). The lowest BCUT2D eigenvalue weighted by molar-refractivity contribution is 0.0954. The highest BCUT2D eigenvalue weighted by atomic mass is 31.0. The van der Waals surface area contributed by atoms with E-state index in [0.717, 1.165) is 35.8 Å². The number of nitrogens with one attached hydrogen (secondary N) is 3. The summed E-state index contributed by atoms with van der Waals surface area (Å²) in [7, 11) is 2.74. The van der Waals surface area contributed by atoms with Gasteiger partial charge in [0.25, 0.3) is 5.91 Å². The maximum atomic E-state index is 13.1. The number of benzene rings is 1. The number of aromatic nitrogens is 3. The predicted octanol–water partition coefficient (Wildman–Crippen LogP) is 3.76. The van der Waals surface area contributed by atoms with Crippen LogP contribution in [0.15, 0.2) is 28.9 Å². The molecule has 7 nitrogen and oxygen atoms in total. The number of rotatable bonds is 6. The van der Waals surface area contributed by atoms with Gasteiger partial charge in [-0.3, -0.25) is 4.79 Å². The Morgan fingerprint density at radius 3 is 2.87 bits per heavy atom. The van der Waals surface area contributed by atoms with Gasteiger partial charge in [-0.05, 0) is 63.0 Å². The first-order valence-electron chi connectivity index (χ1n) is 10.5. The van der Waals surface area contributed by atoms with Gasteiger partial charge in [0, 0.05) is 28.7 Å². The number of aromatic amines is 1. The van der Waals surface area contributed by atoms with E-state index in [1.807, 2.05) is 0 Å². The molecule has 31 heavy (non-hydrogen) atoms. The van der Waals surface area contributed by atoms with Crippen LogP contribution in [0.4, 0.5) is 5.82 Å². The monoisotopic (exact) mass is 435 g/mol. The summed E-state index contributed by atoms with van der Waals surface area (Å²) in [6, 6.07) is 6.31. The number of aryl methyl sites for hydroxylation is 2. The van der Waals surface area contributed by atoms with Gasteiger partial charge >= 0.3 is 0 Å². The Bertz CT molecular complexity index is 1320. The van der Waals surface area contributed by atoms with Crippen molar-refractivity contribution < 1.29 is 9.21 Å². The molecule has 1 fully saturated rings. The van der Waals surface area contributed by atoms with Gasteiger partial charge in [-0.15, -0.1) is 9.24 Å². The zero-order valence-corrected chi connectivity index (χ0v) is 19.1. The topological polar surface area (TPSA) is 95.8 Å². The second-order valence-corrected chi connectivity index (χ2v) is 9.33.